The quantitative estimate of drug-likeness (QED) is 0.897. The molecule has 20 heavy (non-hydrogen) atoms. The number of rotatable bonds is 2. The first-order valence-electron chi connectivity index (χ1n) is 6.36. The zero-order valence-corrected chi connectivity index (χ0v) is 12.6. The summed E-state index contributed by atoms with van der Waals surface area (Å²) in [5.41, 5.74) is -0.913. The summed E-state index contributed by atoms with van der Waals surface area (Å²) in [5, 5.41) is 9.40. The van der Waals surface area contributed by atoms with E-state index in [1.165, 1.54) is 23.1 Å². The standard InChI is InChI=1S/C14H15BrFNO3/c1-14(13(19)20)6-2-3-7-17(14)12(18)9-4-5-11(16)10(15)8-9/h4-5,8H,2-3,6-7H2,1H3,(H,19,20). The largest absolute Gasteiger partial charge is 0.480 e. The van der Waals surface area contributed by atoms with Crippen molar-refractivity contribution in [3.63, 3.8) is 0 Å². The topological polar surface area (TPSA) is 57.6 Å². The number of amides is 1. The molecule has 1 aromatic rings. The van der Waals surface area contributed by atoms with Crippen LogP contribution >= 0.6 is 15.9 Å². The molecule has 1 N–H and O–H groups in total. The molecule has 1 saturated heterocycles. The Hall–Kier alpha value is -1.43. The van der Waals surface area contributed by atoms with Crippen molar-refractivity contribution in [1.82, 2.24) is 4.90 Å². The van der Waals surface area contributed by atoms with Gasteiger partial charge < -0.3 is 10.0 Å². The van der Waals surface area contributed by atoms with Gasteiger partial charge in [-0.25, -0.2) is 9.18 Å². The second-order valence-corrected chi connectivity index (χ2v) is 5.98. The number of piperidine rings is 1. The number of carboxylic acid groups (broad SMARTS) is 1. The Morgan fingerprint density at radius 2 is 2.10 bits per heavy atom. The predicted molar refractivity (Wildman–Crippen MR) is 75.0 cm³/mol. The minimum Gasteiger partial charge on any atom is -0.480 e. The highest BCUT2D eigenvalue weighted by Crippen LogP contribution is 2.30. The van der Waals surface area contributed by atoms with Crippen LogP contribution in [0, 0.1) is 5.82 Å². The van der Waals surface area contributed by atoms with Crippen LogP contribution in [0.4, 0.5) is 4.39 Å². The molecule has 1 atom stereocenters. The van der Waals surface area contributed by atoms with Crippen LogP contribution in [0.3, 0.4) is 0 Å². The third-order valence-electron chi connectivity index (χ3n) is 3.76. The Kier molecular flexibility index (Phi) is 4.13. The van der Waals surface area contributed by atoms with Gasteiger partial charge >= 0.3 is 5.97 Å². The lowest BCUT2D eigenvalue weighted by Crippen LogP contribution is -2.57. The van der Waals surface area contributed by atoms with Crippen LogP contribution in [0.15, 0.2) is 22.7 Å². The van der Waals surface area contributed by atoms with Gasteiger partial charge in [-0.3, -0.25) is 4.79 Å². The summed E-state index contributed by atoms with van der Waals surface area (Å²) in [6, 6.07) is 3.95. The van der Waals surface area contributed by atoms with Gasteiger partial charge in [0, 0.05) is 12.1 Å². The Morgan fingerprint density at radius 3 is 2.70 bits per heavy atom. The number of aliphatic carboxylic acids is 1. The first-order valence-corrected chi connectivity index (χ1v) is 7.16. The summed E-state index contributed by atoms with van der Waals surface area (Å²) in [6.07, 6.45) is 1.98. The smallest absolute Gasteiger partial charge is 0.329 e. The van der Waals surface area contributed by atoms with Gasteiger partial charge in [-0.15, -0.1) is 0 Å². The maximum absolute atomic E-state index is 13.2. The molecular formula is C14H15BrFNO3. The van der Waals surface area contributed by atoms with Crippen molar-refractivity contribution in [1.29, 1.82) is 0 Å². The van der Waals surface area contributed by atoms with Crippen molar-refractivity contribution in [2.24, 2.45) is 0 Å². The SMILES string of the molecule is CC1(C(=O)O)CCCCN1C(=O)c1ccc(F)c(Br)c1. The molecule has 0 aliphatic carbocycles. The van der Waals surface area contributed by atoms with Gasteiger partial charge in [0.05, 0.1) is 4.47 Å². The number of carbonyl (C=O) groups excluding carboxylic acids is 1. The van der Waals surface area contributed by atoms with Crippen LogP contribution in [0.2, 0.25) is 0 Å². The Balaban J connectivity index is 2.35. The highest BCUT2D eigenvalue weighted by atomic mass is 79.9. The number of carbonyl (C=O) groups is 2. The van der Waals surface area contributed by atoms with Crippen LogP contribution in [0.25, 0.3) is 0 Å². The number of halogens is 2. The number of benzene rings is 1. The van der Waals surface area contributed by atoms with E-state index < -0.39 is 17.3 Å². The minimum absolute atomic E-state index is 0.192. The van der Waals surface area contributed by atoms with E-state index in [0.29, 0.717) is 13.0 Å². The van der Waals surface area contributed by atoms with Crippen molar-refractivity contribution in [2.75, 3.05) is 6.54 Å². The highest BCUT2D eigenvalue weighted by molar-refractivity contribution is 9.10. The van der Waals surface area contributed by atoms with Gasteiger partial charge in [0.1, 0.15) is 11.4 Å². The monoisotopic (exact) mass is 343 g/mol. The molecule has 0 bridgehead atoms. The van der Waals surface area contributed by atoms with Crippen LogP contribution in [0.5, 0.6) is 0 Å². The second kappa shape index (κ2) is 5.52. The van der Waals surface area contributed by atoms with E-state index in [2.05, 4.69) is 15.9 Å². The van der Waals surface area contributed by atoms with E-state index >= 15 is 0 Å². The first-order chi connectivity index (χ1) is 9.36. The number of nitrogens with zero attached hydrogens (tertiary/aromatic N) is 1. The minimum atomic E-state index is -1.20. The van der Waals surface area contributed by atoms with E-state index in [-0.39, 0.29) is 15.9 Å². The summed E-state index contributed by atoms with van der Waals surface area (Å²) in [4.78, 5) is 25.4. The summed E-state index contributed by atoms with van der Waals surface area (Å²) in [7, 11) is 0. The fourth-order valence-electron chi connectivity index (χ4n) is 2.45. The summed E-state index contributed by atoms with van der Waals surface area (Å²) in [6.45, 7) is 1.96. The van der Waals surface area contributed by atoms with Crippen molar-refractivity contribution in [3.8, 4) is 0 Å². The molecule has 6 heteroatoms. The molecule has 1 unspecified atom stereocenters. The second-order valence-electron chi connectivity index (χ2n) is 5.12. The van der Waals surface area contributed by atoms with Gasteiger partial charge in [0.15, 0.2) is 0 Å². The van der Waals surface area contributed by atoms with Crippen LogP contribution in [0.1, 0.15) is 36.5 Å². The molecule has 0 aromatic heterocycles. The van der Waals surface area contributed by atoms with Crippen LogP contribution in [-0.2, 0) is 4.79 Å². The third-order valence-corrected chi connectivity index (χ3v) is 4.37. The van der Waals surface area contributed by atoms with Crippen molar-refractivity contribution >= 4 is 27.8 Å². The zero-order chi connectivity index (χ0) is 14.9. The molecule has 1 aliphatic heterocycles. The molecule has 108 valence electrons. The number of hydrogen-bond acceptors (Lipinski definition) is 2. The molecule has 1 aliphatic rings. The molecule has 1 heterocycles. The third kappa shape index (κ3) is 2.57. The van der Waals surface area contributed by atoms with Crippen LogP contribution in [-0.4, -0.2) is 34.0 Å². The molecule has 4 nitrogen and oxygen atoms in total. The molecule has 0 radical (unpaired) electrons. The van der Waals surface area contributed by atoms with Gasteiger partial charge in [-0.05, 0) is 60.3 Å². The number of carboxylic acids is 1. The highest BCUT2D eigenvalue weighted by Gasteiger charge is 2.44. The number of hydrogen-bond donors (Lipinski definition) is 1. The predicted octanol–water partition coefficient (Wildman–Crippen LogP) is 3.06. The fourth-order valence-corrected chi connectivity index (χ4v) is 2.83. The van der Waals surface area contributed by atoms with E-state index in [4.69, 9.17) is 0 Å². The molecule has 0 saturated carbocycles. The van der Waals surface area contributed by atoms with Gasteiger partial charge in [0.25, 0.3) is 5.91 Å². The summed E-state index contributed by atoms with van der Waals surface area (Å²) >= 11 is 3.03. The van der Waals surface area contributed by atoms with E-state index in [9.17, 15) is 19.1 Å². The average molecular weight is 344 g/mol. The van der Waals surface area contributed by atoms with Gasteiger partial charge in [0.2, 0.25) is 0 Å². The van der Waals surface area contributed by atoms with Crippen molar-refractivity contribution < 1.29 is 19.1 Å². The molecule has 1 fully saturated rings. The zero-order valence-electron chi connectivity index (χ0n) is 11.0. The maximum atomic E-state index is 13.2. The lowest BCUT2D eigenvalue weighted by Gasteiger charge is -2.41. The Bertz CT molecular complexity index is 563. The maximum Gasteiger partial charge on any atom is 0.329 e. The lowest BCUT2D eigenvalue weighted by molar-refractivity contribution is -0.150. The molecule has 1 aromatic carbocycles. The molecule has 1 amide bonds. The summed E-state index contributed by atoms with van der Waals surface area (Å²) in [5.74, 6) is -1.84. The Morgan fingerprint density at radius 1 is 1.40 bits per heavy atom. The summed E-state index contributed by atoms with van der Waals surface area (Å²) < 4.78 is 13.4. The first kappa shape index (κ1) is 15.0. The van der Waals surface area contributed by atoms with E-state index in [1.54, 1.807) is 6.92 Å². The molecule has 2 rings (SSSR count). The van der Waals surface area contributed by atoms with Crippen LogP contribution < -0.4 is 0 Å². The van der Waals surface area contributed by atoms with E-state index in [0.717, 1.165) is 12.8 Å². The Labute approximate surface area is 124 Å². The van der Waals surface area contributed by atoms with Crippen molar-refractivity contribution in [2.45, 2.75) is 31.7 Å². The van der Waals surface area contributed by atoms with Gasteiger partial charge in [-0.1, -0.05) is 0 Å². The average Bonchev–Trinajstić information content (AvgIpc) is 2.41. The molecular weight excluding hydrogens is 329 g/mol. The lowest BCUT2D eigenvalue weighted by atomic mass is 9.88. The molecule has 0 spiro atoms. The van der Waals surface area contributed by atoms with E-state index in [1.807, 2.05) is 0 Å². The number of likely N-dealkylation sites (tertiary alicyclic amines) is 1. The normalized spacial score (nSPS) is 22.6. The van der Waals surface area contributed by atoms with Crippen molar-refractivity contribution in [3.05, 3.63) is 34.1 Å². The van der Waals surface area contributed by atoms with Gasteiger partial charge in [-0.2, -0.15) is 0 Å². The fraction of sp³-hybridized carbons (Fsp3) is 0.429.